The molecule has 0 unspecified atom stereocenters. The summed E-state index contributed by atoms with van der Waals surface area (Å²) in [4.78, 5) is 38.2. The summed E-state index contributed by atoms with van der Waals surface area (Å²) in [6.45, 7) is -0.309. The van der Waals surface area contributed by atoms with Gasteiger partial charge in [0.15, 0.2) is 0 Å². The molecule has 1 aliphatic rings. The maximum absolute atomic E-state index is 12.6. The number of carbonyl (C=O) groups is 3. The van der Waals surface area contributed by atoms with Crippen LogP contribution >= 0.6 is 46.4 Å². The van der Waals surface area contributed by atoms with Crippen LogP contribution in [0.1, 0.15) is 26.3 Å². The van der Waals surface area contributed by atoms with Gasteiger partial charge in [-0.1, -0.05) is 58.5 Å². The molecule has 0 spiro atoms. The highest BCUT2D eigenvalue weighted by atomic mass is 35.5. The molecule has 1 aliphatic heterocycles. The number of hydrogen-bond acceptors (Lipinski definition) is 4. The molecule has 0 saturated carbocycles. The van der Waals surface area contributed by atoms with Gasteiger partial charge in [0.25, 0.3) is 11.8 Å². The van der Waals surface area contributed by atoms with Crippen molar-refractivity contribution in [2.75, 3.05) is 13.7 Å². The number of methoxy groups -OCH3 is 1. The van der Waals surface area contributed by atoms with Crippen LogP contribution in [-0.2, 0) is 11.3 Å². The van der Waals surface area contributed by atoms with Gasteiger partial charge >= 0.3 is 0 Å². The van der Waals surface area contributed by atoms with E-state index in [1.54, 1.807) is 24.3 Å². The summed E-state index contributed by atoms with van der Waals surface area (Å²) in [7, 11) is 1.54. The monoisotopic (exact) mass is 460 g/mol. The highest BCUT2D eigenvalue weighted by Gasteiger charge is 2.42. The first-order valence-electron chi connectivity index (χ1n) is 7.88. The Morgan fingerprint density at radius 2 is 1.57 bits per heavy atom. The Balaban J connectivity index is 1.75. The second-order valence-electron chi connectivity index (χ2n) is 5.83. The van der Waals surface area contributed by atoms with Crippen LogP contribution in [0.2, 0.25) is 20.1 Å². The van der Waals surface area contributed by atoms with Crippen LogP contribution in [0.4, 0.5) is 0 Å². The largest absolute Gasteiger partial charge is 0.497 e. The molecule has 1 heterocycles. The average molecular weight is 462 g/mol. The molecule has 146 valence electrons. The lowest BCUT2D eigenvalue weighted by Gasteiger charge is -2.14. The molecule has 2 aromatic carbocycles. The number of imide groups is 1. The lowest BCUT2D eigenvalue weighted by atomic mass is 10.1. The van der Waals surface area contributed by atoms with Crippen LogP contribution in [0, 0.1) is 0 Å². The van der Waals surface area contributed by atoms with Crippen molar-refractivity contribution in [3.63, 3.8) is 0 Å². The van der Waals surface area contributed by atoms with Crippen LogP contribution in [0.5, 0.6) is 5.75 Å². The Bertz CT molecular complexity index is 963. The molecule has 0 bridgehead atoms. The average Bonchev–Trinajstić information content (AvgIpc) is 2.94. The van der Waals surface area contributed by atoms with Gasteiger partial charge in [-0.2, -0.15) is 0 Å². The van der Waals surface area contributed by atoms with Crippen molar-refractivity contribution in [1.82, 2.24) is 10.2 Å². The number of carbonyl (C=O) groups excluding carboxylic acids is 3. The summed E-state index contributed by atoms with van der Waals surface area (Å²) in [5.74, 6) is -1.42. The van der Waals surface area contributed by atoms with E-state index in [9.17, 15) is 14.4 Å². The zero-order valence-corrected chi connectivity index (χ0v) is 17.3. The molecule has 0 radical (unpaired) electrons. The fraction of sp³-hybridized carbons (Fsp3) is 0.167. The van der Waals surface area contributed by atoms with E-state index in [4.69, 9.17) is 51.1 Å². The zero-order chi connectivity index (χ0) is 20.6. The lowest BCUT2D eigenvalue weighted by Crippen LogP contribution is -2.40. The molecule has 0 fully saturated rings. The Kier molecular flexibility index (Phi) is 6.05. The smallest absolute Gasteiger partial charge is 0.263 e. The SMILES string of the molecule is COc1cccc(CNC(=O)CN2C(=O)c3c(Cl)c(Cl)c(Cl)c(Cl)c3C2=O)c1. The molecule has 0 atom stereocenters. The van der Waals surface area contributed by atoms with E-state index >= 15 is 0 Å². The summed E-state index contributed by atoms with van der Waals surface area (Å²) in [5.41, 5.74) is 0.470. The number of amides is 3. The van der Waals surface area contributed by atoms with Gasteiger partial charge in [0.1, 0.15) is 12.3 Å². The van der Waals surface area contributed by atoms with Crippen LogP contribution < -0.4 is 10.1 Å². The van der Waals surface area contributed by atoms with Gasteiger partial charge in [-0.15, -0.1) is 0 Å². The summed E-state index contributed by atoms with van der Waals surface area (Å²) in [6.07, 6.45) is 0. The van der Waals surface area contributed by atoms with E-state index in [1.165, 1.54) is 7.11 Å². The second-order valence-corrected chi connectivity index (χ2v) is 7.34. The minimum absolute atomic E-state index is 0.127. The van der Waals surface area contributed by atoms with Crippen LogP contribution in [-0.4, -0.2) is 36.3 Å². The van der Waals surface area contributed by atoms with E-state index in [2.05, 4.69) is 5.32 Å². The van der Waals surface area contributed by atoms with E-state index in [-0.39, 0.29) is 37.8 Å². The highest BCUT2D eigenvalue weighted by molar-refractivity contribution is 6.55. The topological polar surface area (TPSA) is 75.7 Å². The van der Waals surface area contributed by atoms with Gasteiger partial charge in [-0.3, -0.25) is 19.3 Å². The third-order valence-electron chi connectivity index (χ3n) is 4.11. The van der Waals surface area contributed by atoms with Gasteiger partial charge in [-0.25, -0.2) is 0 Å². The minimum Gasteiger partial charge on any atom is -0.497 e. The minimum atomic E-state index is -0.762. The Labute approximate surface area is 180 Å². The first-order chi connectivity index (χ1) is 13.3. The molecular weight excluding hydrogens is 450 g/mol. The van der Waals surface area contributed by atoms with Crippen molar-refractivity contribution in [2.24, 2.45) is 0 Å². The van der Waals surface area contributed by atoms with Crippen LogP contribution in [0.15, 0.2) is 24.3 Å². The van der Waals surface area contributed by atoms with Crippen molar-refractivity contribution >= 4 is 64.1 Å². The summed E-state index contributed by atoms with van der Waals surface area (Å²) >= 11 is 24.0. The summed E-state index contributed by atoms with van der Waals surface area (Å²) < 4.78 is 5.12. The van der Waals surface area contributed by atoms with Gasteiger partial charge in [0.05, 0.1) is 38.3 Å². The predicted octanol–water partition coefficient (Wildman–Crippen LogP) is 4.22. The zero-order valence-electron chi connectivity index (χ0n) is 14.3. The summed E-state index contributed by atoms with van der Waals surface area (Å²) in [5, 5.41) is 2.03. The number of nitrogens with one attached hydrogen (secondary N) is 1. The Morgan fingerprint density at radius 1 is 1.00 bits per heavy atom. The summed E-state index contributed by atoms with van der Waals surface area (Å²) in [6, 6.07) is 7.11. The standard InChI is InChI=1S/C18H12Cl4N2O4/c1-28-9-4-2-3-8(5-9)6-23-10(25)7-24-17(26)11-12(18(24)27)14(20)16(22)15(21)13(11)19/h2-5H,6-7H2,1H3,(H,23,25). The maximum Gasteiger partial charge on any atom is 0.263 e. The molecule has 3 amide bonds. The molecule has 0 aliphatic carbocycles. The van der Waals surface area contributed by atoms with Crippen molar-refractivity contribution < 1.29 is 19.1 Å². The second kappa shape index (κ2) is 8.17. The first-order valence-corrected chi connectivity index (χ1v) is 9.39. The fourth-order valence-corrected chi connectivity index (χ4v) is 3.74. The Morgan fingerprint density at radius 3 is 2.11 bits per heavy atom. The number of halogens is 4. The molecule has 10 heteroatoms. The molecule has 0 saturated heterocycles. The van der Waals surface area contributed by atoms with Crippen molar-refractivity contribution in [3.05, 3.63) is 61.0 Å². The molecule has 6 nitrogen and oxygen atoms in total. The van der Waals surface area contributed by atoms with E-state index in [0.29, 0.717) is 5.75 Å². The van der Waals surface area contributed by atoms with Gasteiger partial charge in [0, 0.05) is 6.54 Å². The quantitative estimate of drug-likeness (QED) is 0.411. The fourth-order valence-electron chi connectivity index (χ4n) is 2.72. The van der Waals surface area contributed by atoms with E-state index < -0.39 is 24.3 Å². The maximum atomic E-state index is 12.6. The Hall–Kier alpha value is -1.99. The molecule has 0 aromatic heterocycles. The molecule has 3 rings (SSSR count). The van der Waals surface area contributed by atoms with Crippen LogP contribution in [0.3, 0.4) is 0 Å². The van der Waals surface area contributed by atoms with E-state index in [0.717, 1.165) is 10.5 Å². The lowest BCUT2D eigenvalue weighted by molar-refractivity contribution is -0.121. The normalized spacial score (nSPS) is 13.0. The van der Waals surface area contributed by atoms with E-state index in [1.807, 2.05) is 0 Å². The molecule has 2 aromatic rings. The third kappa shape index (κ3) is 3.65. The van der Waals surface area contributed by atoms with Crippen molar-refractivity contribution in [2.45, 2.75) is 6.54 Å². The number of rotatable bonds is 5. The molecular formula is C18H12Cl4N2O4. The number of benzene rings is 2. The van der Waals surface area contributed by atoms with Gasteiger partial charge in [0.2, 0.25) is 5.91 Å². The third-order valence-corrected chi connectivity index (χ3v) is 5.91. The van der Waals surface area contributed by atoms with Gasteiger partial charge in [-0.05, 0) is 17.7 Å². The number of ether oxygens (including phenoxy) is 1. The van der Waals surface area contributed by atoms with Crippen LogP contribution in [0.25, 0.3) is 0 Å². The number of fused-ring (bicyclic) bond motifs is 1. The molecule has 1 N–H and O–H groups in total. The highest BCUT2D eigenvalue weighted by Crippen LogP contribution is 2.44. The predicted molar refractivity (Wildman–Crippen MR) is 107 cm³/mol. The number of nitrogens with zero attached hydrogens (tertiary/aromatic N) is 1. The van der Waals surface area contributed by atoms with Crippen molar-refractivity contribution in [1.29, 1.82) is 0 Å². The van der Waals surface area contributed by atoms with Gasteiger partial charge < -0.3 is 10.1 Å². The van der Waals surface area contributed by atoms with Crippen molar-refractivity contribution in [3.8, 4) is 5.75 Å². The molecule has 28 heavy (non-hydrogen) atoms. The number of hydrogen-bond donors (Lipinski definition) is 1. The first kappa shape index (κ1) is 20.7.